The molecule has 1 aromatic heterocycles. The smallest absolute Gasteiger partial charge is 0.306 e. The molecule has 2 aromatic rings. The molecule has 2 heterocycles. The minimum atomic E-state index is -0.897. The van der Waals surface area contributed by atoms with E-state index in [1.807, 2.05) is 13.8 Å². The number of carboxylic acid groups (broad SMARTS) is 1. The molecule has 29 heavy (non-hydrogen) atoms. The highest BCUT2D eigenvalue weighted by Gasteiger charge is 2.32. The van der Waals surface area contributed by atoms with E-state index in [1.54, 1.807) is 13.2 Å². The number of methoxy groups -OCH3 is 1. The molecular weight excluding hydrogens is 372 g/mol. The van der Waals surface area contributed by atoms with Gasteiger partial charge in [-0.25, -0.2) is 0 Å². The Balaban J connectivity index is 2.25. The van der Waals surface area contributed by atoms with Gasteiger partial charge < -0.3 is 23.9 Å². The standard InChI is InChI=1S/C22H28N2O5/c1-5-7-24-21-14(3)17(29-12-13(2)27-4)9-15(11-23)20(21)16-6-8-28-18(22(16)24)10-19(25)26/h9,13,18H,5-8,10,12H2,1-4H3,(H,25,26)/t13-,18-/m1/s1. The summed E-state index contributed by atoms with van der Waals surface area (Å²) in [5, 5.41) is 20.1. The molecule has 0 bridgehead atoms. The number of hydrogen-bond acceptors (Lipinski definition) is 5. The van der Waals surface area contributed by atoms with E-state index in [0.717, 1.165) is 40.7 Å². The van der Waals surface area contributed by atoms with Gasteiger partial charge in [0.1, 0.15) is 18.5 Å². The van der Waals surface area contributed by atoms with Crippen LogP contribution in [-0.2, 0) is 27.2 Å². The second-order valence-corrected chi connectivity index (χ2v) is 7.46. The fraction of sp³-hybridized carbons (Fsp3) is 0.545. The first-order valence-electron chi connectivity index (χ1n) is 10.00. The van der Waals surface area contributed by atoms with E-state index >= 15 is 0 Å². The number of aliphatic carboxylic acids is 1. The Morgan fingerprint density at radius 1 is 1.52 bits per heavy atom. The number of benzene rings is 1. The summed E-state index contributed by atoms with van der Waals surface area (Å²) in [5.41, 5.74) is 4.35. The maximum Gasteiger partial charge on any atom is 0.306 e. The van der Waals surface area contributed by atoms with Crippen LogP contribution in [0.15, 0.2) is 6.07 Å². The molecular formula is C22H28N2O5. The van der Waals surface area contributed by atoms with Crippen LogP contribution < -0.4 is 4.74 Å². The lowest BCUT2D eigenvalue weighted by atomic mass is 9.96. The van der Waals surface area contributed by atoms with Crippen molar-refractivity contribution in [3.63, 3.8) is 0 Å². The summed E-state index contributed by atoms with van der Waals surface area (Å²) >= 11 is 0. The van der Waals surface area contributed by atoms with Crippen LogP contribution in [0.25, 0.3) is 10.9 Å². The highest BCUT2D eigenvalue weighted by atomic mass is 16.5. The summed E-state index contributed by atoms with van der Waals surface area (Å²) in [7, 11) is 1.63. The number of nitriles is 1. The van der Waals surface area contributed by atoms with Crippen LogP contribution >= 0.6 is 0 Å². The van der Waals surface area contributed by atoms with Crippen molar-refractivity contribution >= 4 is 16.9 Å². The third kappa shape index (κ3) is 3.96. The molecule has 1 aliphatic rings. The van der Waals surface area contributed by atoms with E-state index in [1.165, 1.54) is 0 Å². The molecule has 1 aliphatic heterocycles. The van der Waals surface area contributed by atoms with Crippen molar-refractivity contribution in [1.29, 1.82) is 5.26 Å². The molecule has 0 unspecified atom stereocenters. The SMILES string of the molecule is CCCn1c2c(c3c(C#N)cc(OC[C@@H](C)OC)c(C)c31)CCO[C@@H]2CC(=O)O. The topological polar surface area (TPSA) is 93.7 Å². The molecule has 156 valence electrons. The molecule has 0 fully saturated rings. The van der Waals surface area contributed by atoms with Crippen molar-refractivity contribution in [2.45, 2.75) is 58.8 Å². The van der Waals surface area contributed by atoms with Gasteiger partial charge in [0.15, 0.2) is 0 Å². The van der Waals surface area contributed by atoms with Gasteiger partial charge in [-0.15, -0.1) is 0 Å². The minimum absolute atomic E-state index is 0.0698. The van der Waals surface area contributed by atoms with Crippen LogP contribution in [0.2, 0.25) is 0 Å². The first-order valence-corrected chi connectivity index (χ1v) is 10.00. The summed E-state index contributed by atoms with van der Waals surface area (Å²) in [4.78, 5) is 11.4. The van der Waals surface area contributed by atoms with Gasteiger partial charge in [-0.05, 0) is 38.3 Å². The molecule has 0 aliphatic carbocycles. The van der Waals surface area contributed by atoms with Crippen LogP contribution in [0.1, 0.15) is 55.2 Å². The summed E-state index contributed by atoms with van der Waals surface area (Å²) in [6, 6.07) is 4.11. The lowest BCUT2D eigenvalue weighted by Gasteiger charge is -2.25. The molecule has 3 rings (SSSR count). The Morgan fingerprint density at radius 3 is 2.90 bits per heavy atom. The summed E-state index contributed by atoms with van der Waals surface area (Å²) in [6.07, 6.45) is 0.859. The zero-order valence-electron chi connectivity index (χ0n) is 17.4. The maximum atomic E-state index is 11.4. The fourth-order valence-electron chi connectivity index (χ4n) is 4.08. The van der Waals surface area contributed by atoms with Crippen molar-refractivity contribution < 1.29 is 24.1 Å². The van der Waals surface area contributed by atoms with Crippen molar-refractivity contribution in [2.24, 2.45) is 0 Å². The lowest BCUT2D eigenvalue weighted by molar-refractivity contribution is -0.140. The van der Waals surface area contributed by atoms with E-state index in [2.05, 4.69) is 17.6 Å². The summed E-state index contributed by atoms with van der Waals surface area (Å²) in [6.45, 7) is 7.53. The number of hydrogen-bond donors (Lipinski definition) is 1. The minimum Gasteiger partial charge on any atom is -0.490 e. The van der Waals surface area contributed by atoms with E-state index in [-0.39, 0.29) is 12.5 Å². The number of rotatable bonds is 8. The lowest BCUT2D eigenvalue weighted by Crippen LogP contribution is -2.21. The van der Waals surface area contributed by atoms with E-state index in [9.17, 15) is 15.2 Å². The predicted molar refractivity (Wildman–Crippen MR) is 108 cm³/mol. The average molecular weight is 400 g/mol. The van der Waals surface area contributed by atoms with Crippen molar-refractivity contribution in [3.8, 4) is 11.8 Å². The van der Waals surface area contributed by atoms with Crippen molar-refractivity contribution in [1.82, 2.24) is 4.57 Å². The molecule has 2 atom stereocenters. The number of nitrogens with zero attached hydrogens (tertiary/aromatic N) is 2. The highest BCUT2D eigenvalue weighted by Crippen LogP contribution is 2.42. The number of fused-ring (bicyclic) bond motifs is 3. The third-order valence-electron chi connectivity index (χ3n) is 5.46. The number of ether oxygens (including phenoxy) is 3. The summed E-state index contributed by atoms with van der Waals surface area (Å²) in [5.74, 6) is -0.244. The first kappa shape index (κ1) is 21.2. The molecule has 0 amide bonds. The zero-order valence-corrected chi connectivity index (χ0v) is 17.4. The van der Waals surface area contributed by atoms with Crippen molar-refractivity contribution in [2.75, 3.05) is 20.3 Å². The molecule has 0 radical (unpaired) electrons. The largest absolute Gasteiger partial charge is 0.490 e. The normalized spacial score (nSPS) is 17.0. The first-order chi connectivity index (χ1) is 13.9. The average Bonchev–Trinajstić information content (AvgIpc) is 3.03. The molecule has 0 saturated heterocycles. The Kier molecular flexibility index (Phi) is 6.46. The quantitative estimate of drug-likeness (QED) is 0.726. The molecule has 7 nitrogen and oxygen atoms in total. The van der Waals surface area contributed by atoms with Crippen LogP contribution in [-0.4, -0.2) is 42.1 Å². The number of carbonyl (C=O) groups is 1. The number of aromatic nitrogens is 1. The van der Waals surface area contributed by atoms with Crippen LogP contribution in [0.5, 0.6) is 5.75 Å². The monoisotopic (exact) mass is 400 g/mol. The maximum absolute atomic E-state index is 11.4. The predicted octanol–water partition coefficient (Wildman–Crippen LogP) is 3.73. The molecule has 0 spiro atoms. The zero-order chi connectivity index (χ0) is 21.1. The van der Waals surface area contributed by atoms with Gasteiger partial charge in [0.05, 0.1) is 42.0 Å². The molecule has 0 saturated carbocycles. The van der Waals surface area contributed by atoms with E-state index in [4.69, 9.17) is 14.2 Å². The van der Waals surface area contributed by atoms with Gasteiger partial charge in [0, 0.05) is 24.6 Å². The number of aryl methyl sites for hydroxylation is 2. The van der Waals surface area contributed by atoms with Crippen molar-refractivity contribution in [3.05, 3.63) is 28.5 Å². The Bertz CT molecular complexity index is 957. The van der Waals surface area contributed by atoms with Crippen LogP contribution in [0.4, 0.5) is 0 Å². The molecule has 7 heteroatoms. The molecule has 1 N–H and O–H groups in total. The highest BCUT2D eigenvalue weighted by molar-refractivity contribution is 5.95. The fourth-order valence-corrected chi connectivity index (χ4v) is 4.08. The van der Waals surface area contributed by atoms with E-state index in [0.29, 0.717) is 30.9 Å². The van der Waals surface area contributed by atoms with E-state index < -0.39 is 12.1 Å². The van der Waals surface area contributed by atoms with Gasteiger partial charge in [0.25, 0.3) is 0 Å². The van der Waals surface area contributed by atoms with Crippen LogP contribution in [0.3, 0.4) is 0 Å². The van der Waals surface area contributed by atoms with Gasteiger partial charge in [-0.3, -0.25) is 4.79 Å². The third-order valence-corrected chi connectivity index (χ3v) is 5.46. The van der Waals surface area contributed by atoms with Gasteiger partial charge >= 0.3 is 5.97 Å². The Hall–Kier alpha value is -2.56. The number of carboxylic acids is 1. The Labute approximate surface area is 170 Å². The Morgan fingerprint density at radius 2 is 2.28 bits per heavy atom. The van der Waals surface area contributed by atoms with Crippen LogP contribution in [0, 0.1) is 18.3 Å². The second kappa shape index (κ2) is 8.85. The second-order valence-electron chi connectivity index (χ2n) is 7.46. The molecule has 1 aromatic carbocycles. The summed E-state index contributed by atoms with van der Waals surface area (Å²) < 4.78 is 19.2. The van der Waals surface area contributed by atoms with Gasteiger partial charge in [0.2, 0.25) is 0 Å². The van der Waals surface area contributed by atoms with Gasteiger partial charge in [-0.2, -0.15) is 5.26 Å². The van der Waals surface area contributed by atoms with Gasteiger partial charge in [-0.1, -0.05) is 6.92 Å².